The maximum absolute atomic E-state index is 12.4. The van der Waals surface area contributed by atoms with Crippen molar-refractivity contribution in [3.63, 3.8) is 0 Å². The molecule has 0 atom stereocenters. The van der Waals surface area contributed by atoms with E-state index in [1.807, 2.05) is 26.0 Å². The van der Waals surface area contributed by atoms with E-state index in [9.17, 15) is 9.59 Å². The predicted molar refractivity (Wildman–Crippen MR) is 101 cm³/mol. The number of rotatable bonds is 5. The van der Waals surface area contributed by atoms with Crippen molar-refractivity contribution in [2.24, 2.45) is 0 Å². The highest BCUT2D eigenvalue weighted by molar-refractivity contribution is 5.95. The summed E-state index contributed by atoms with van der Waals surface area (Å²) in [5, 5.41) is 5.98. The van der Waals surface area contributed by atoms with Gasteiger partial charge < -0.3 is 24.4 Å². The summed E-state index contributed by atoms with van der Waals surface area (Å²) in [5.74, 6) is 3.00. The molecule has 0 aromatic carbocycles. The van der Waals surface area contributed by atoms with Crippen molar-refractivity contribution in [1.82, 2.24) is 15.5 Å². The summed E-state index contributed by atoms with van der Waals surface area (Å²) in [7, 11) is 0. The van der Waals surface area contributed by atoms with Gasteiger partial charge >= 0.3 is 6.03 Å². The lowest BCUT2D eigenvalue weighted by atomic mass is 10.0. The first-order valence-electron chi connectivity index (χ1n) is 9.38. The zero-order chi connectivity index (χ0) is 19.4. The van der Waals surface area contributed by atoms with E-state index in [4.69, 9.17) is 8.83 Å². The molecule has 3 rings (SSSR count). The van der Waals surface area contributed by atoms with Gasteiger partial charge in [-0.05, 0) is 51.8 Å². The minimum absolute atomic E-state index is 0.0654. The number of carbonyl (C=O) groups excluding carboxylic acids is 2. The average molecular weight is 373 g/mol. The number of nitrogens with zero attached hydrogens (tertiary/aromatic N) is 1. The molecule has 0 bridgehead atoms. The molecule has 1 fully saturated rings. The molecule has 2 aromatic rings. The van der Waals surface area contributed by atoms with Crippen molar-refractivity contribution < 1.29 is 18.4 Å². The lowest BCUT2D eigenvalue weighted by Gasteiger charge is -2.32. The SMILES string of the molecule is Cc1ccc(CCNC(=O)N2CCC(NC(=O)c3cc(C)oc3C)CC2)o1. The fourth-order valence-corrected chi connectivity index (χ4v) is 3.37. The number of amides is 3. The van der Waals surface area contributed by atoms with Crippen LogP contribution >= 0.6 is 0 Å². The fraction of sp³-hybridized carbons (Fsp3) is 0.500. The van der Waals surface area contributed by atoms with Gasteiger partial charge in [-0.2, -0.15) is 0 Å². The molecule has 3 heterocycles. The summed E-state index contributed by atoms with van der Waals surface area (Å²) in [6, 6.07) is 5.61. The highest BCUT2D eigenvalue weighted by Crippen LogP contribution is 2.16. The molecule has 27 heavy (non-hydrogen) atoms. The van der Waals surface area contributed by atoms with E-state index in [0.29, 0.717) is 37.4 Å². The molecule has 0 spiro atoms. The van der Waals surface area contributed by atoms with Crippen molar-refractivity contribution >= 4 is 11.9 Å². The van der Waals surface area contributed by atoms with Gasteiger partial charge in [-0.15, -0.1) is 0 Å². The van der Waals surface area contributed by atoms with Gasteiger partial charge in [-0.25, -0.2) is 4.79 Å². The molecule has 1 aliphatic heterocycles. The summed E-state index contributed by atoms with van der Waals surface area (Å²) in [6.45, 7) is 7.31. The average Bonchev–Trinajstić information content (AvgIpc) is 3.20. The predicted octanol–water partition coefficient (Wildman–Crippen LogP) is 2.94. The van der Waals surface area contributed by atoms with Crippen LogP contribution in [0.5, 0.6) is 0 Å². The van der Waals surface area contributed by atoms with Crippen LogP contribution in [-0.4, -0.2) is 42.5 Å². The Kier molecular flexibility index (Phi) is 5.88. The van der Waals surface area contributed by atoms with Crippen LogP contribution in [0, 0.1) is 20.8 Å². The lowest BCUT2D eigenvalue weighted by molar-refractivity contribution is 0.0916. The van der Waals surface area contributed by atoms with Gasteiger partial charge in [0.1, 0.15) is 23.0 Å². The van der Waals surface area contributed by atoms with Crippen molar-refractivity contribution in [2.75, 3.05) is 19.6 Å². The van der Waals surface area contributed by atoms with Gasteiger partial charge in [0.25, 0.3) is 5.91 Å². The number of nitrogens with one attached hydrogen (secondary N) is 2. The van der Waals surface area contributed by atoms with Crippen LogP contribution in [0.2, 0.25) is 0 Å². The number of urea groups is 1. The second kappa shape index (κ2) is 8.33. The van der Waals surface area contributed by atoms with E-state index < -0.39 is 0 Å². The number of furan rings is 2. The van der Waals surface area contributed by atoms with Gasteiger partial charge in [0.15, 0.2) is 0 Å². The zero-order valence-electron chi connectivity index (χ0n) is 16.1. The molecule has 1 aliphatic rings. The van der Waals surface area contributed by atoms with E-state index in [0.717, 1.165) is 30.1 Å². The molecule has 0 radical (unpaired) electrons. The van der Waals surface area contributed by atoms with Gasteiger partial charge in [0.05, 0.1) is 5.56 Å². The molecule has 7 nitrogen and oxygen atoms in total. The van der Waals surface area contributed by atoms with Crippen molar-refractivity contribution in [3.8, 4) is 0 Å². The molecule has 2 N–H and O–H groups in total. The van der Waals surface area contributed by atoms with E-state index in [-0.39, 0.29) is 18.0 Å². The van der Waals surface area contributed by atoms with Crippen LogP contribution in [0.1, 0.15) is 46.2 Å². The molecule has 1 saturated heterocycles. The van der Waals surface area contributed by atoms with E-state index in [2.05, 4.69) is 10.6 Å². The summed E-state index contributed by atoms with van der Waals surface area (Å²) in [5.41, 5.74) is 0.584. The molecule has 2 aromatic heterocycles. The lowest BCUT2D eigenvalue weighted by Crippen LogP contribution is -2.49. The summed E-state index contributed by atoms with van der Waals surface area (Å²) < 4.78 is 10.9. The Bertz CT molecular complexity index is 800. The van der Waals surface area contributed by atoms with Crippen LogP contribution in [-0.2, 0) is 6.42 Å². The standard InChI is InChI=1S/C20H27N3O4/c1-13-4-5-17(27-13)6-9-21-20(25)23-10-7-16(8-11-23)22-19(24)18-12-14(2)26-15(18)3/h4-5,12,16H,6-11H2,1-3H3,(H,21,25)(H,22,24). The molecule has 0 saturated carbocycles. The van der Waals surface area contributed by atoms with Crippen LogP contribution in [0.15, 0.2) is 27.0 Å². The van der Waals surface area contributed by atoms with Crippen LogP contribution in [0.4, 0.5) is 4.79 Å². The number of piperidine rings is 1. The fourth-order valence-electron chi connectivity index (χ4n) is 3.37. The van der Waals surface area contributed by atoms with Gasteiger partial charge in [0, 0.05) is 32.1 Å². The van der Waals surface area contributed by atoms with Crippen molar-refractivity contribution in [2.45, 2.75) is 46.1 Å². The topological polar surface area (TPSA) is 87.7 Å². The first kappa shape index (κ1) is 19.1. The molecule has 0 aliphatic carbocycles. The Labute approximate surface area is 159 Å². The highest BCUT2D eigenvalue weighted by Gasteiger charge is 2.25. The molecular formula is C20H27N3O4. The van der Waals surface area contributed by atoms with E-state index in [1.54, 1.807) is 17.9 Å². The first-order valence-corrected chi connectivity index (χ1v) is 9.38. The molecule has 0 unspecified atom stereocenters. The number of aryl methyl sites for hydroxylation is 3. The van der Waals surface area contributed by atoms with Crippen LogP contribution < -0.4 is 10.6 Å². The third kappa shape index (κ3) is 4.93. The van der Waals surface area contributed by atoms with E-state index in [1.165, 1.54) is 0 Å². The third-order valence-electron chi connectivity index (χ3n) is 4.85. The van der Waals surface area contributed by atoms with Crippen molar-refractivity contribution in [3.05, 3.63) is 46.8 Å². The Hall–Kier alpha value is -2.70. The Balaban J connectivity index is 1.39. The quantitative estimate of drug-likeness (QED) is 0.843. The Morgan fingerprint density at radius 3 is 2.44 bits per heavy atom. The van der Waals surface area contributed by atoms with E-state index >= 15 is 0 Å². The summed E-state index contributed by atoms with van der Waals surface area (Å²) in [4.78, 5) is 26.4. The maximum Gasteiger partial charge on any atom is 0.317 e. The first-order chi connectivity index (χ1) is 12.9. The largest absolute Gasteiger partial charge is 0.466 e. The third-order valence-corrected chi connectivity index (χ3v) is 4.85. The normalized spacial score (nSPS) is 15.0. The number of hydrogen-bond acceptors (Lipinski definition) is 4. The monoisotopic (exact) mass is 373 g/mol. The molecular weight excluding hydrogens is 346 g/mol. The number of hydrogen-bond donors (Lipinski definition) is 2. The smallest absolute Gasteiger partial charge is 0.317 e. The summed E-state index contributed by atoms with van der Waals surface area (Å²) >= 11 is 0. The minimum atomic E-state index is -0.110. The van der Waals surface area contributed by atoms with Crippen molar-refractivity contribution in [1.29, 1.82) is 0 Å². The number of carbonyl (C=O) groups is 2. The Morgan fingerprint density at radius 2 is 1.85 bits per heavy atom. The zero-order valence-corrected chi connectivity index (χ0v) is 16.1. The Morgan fingerprint density at radius 1 is 1.11 bits per heavy atom. The van der Waals surface area contributed by atoms with Gasteiger partial charge in [0.2, 0.25) is 0 Å². The number of likely N-dealkylation sites (tertiary alicyclic amines) is 1. The van der Waals surface area contributed by atoms with Crippen LogP contribution in [0.25, 0.3) is 0 Å². The molecule has 7 heteroatoms. The van der Waals surface area contributed by atoms with Crippen LogP contribution in [0.3, 0.4) is 0 Å². The minimum Gasteiger partial charge on any atom is -0.466 e. The molecule has 3 amide bonds. The highest BCUT2D eigenvalue weighted by atomic mass is 16.3. The van der Waals surface area contributed by atoms with Gasteiger partial charge in [-0.3, -0.25) is 4.79 Å². The second-order valence-electron chi connectivity index (χ2n) is 7.06. The summed E-state index contributed by atoms with van der Waals surface area (Å²) in [6.07, 6.45) is 2.16. The maximum atomic E-state index is 12.4. The second-order valence-corrected chi connectivity index (χ2v) is 7.06. The van der Waals surface area contributed by atoms with Gasteiger partial charge in [-0.1, -0.05) is 0 Å². The molecule has 146 valence electrons.